The molecular formula is C34H45N3O6S3. The fraction of sp³-hybridized carbons (Fsp3) is 0.441. The van der Waals surface area contributed by atoms with Crippen molar-refractivity contribution in [2.24, 2.45) is 5.92 Å². The molecule has 46 heavy (non-hydrogen) atoms. The third kappa shape index (κ3) is 11.9. The van der Waals surface area contributed by atoms with Gasteiger partial charge in [-0.1, -0.05) is 74.9 Å². The van der Waals surface area contributed by atoms with Crippen molar-refractivity contribution >= 4 is 61.9 Å². The summed E-state index contributed by atoms with van der Waals surface area (Å²) in [6, 6.07) is 19.6. The topological polar surface area (TPSA) is 133 Å². The summed E-state index contributed by atoms with van der Waals surface area (Å²) in [4.78, 5) is 40.4. The number of carboxylic acid groups (broad SMARTS) is 1. The van der Waals surface area contributed by atoms with E-state index in [0.717, 1.165) is 28.3 Å². The summed E-state index contributed by atoms with van der Waals surface area (Å²) in [6.45, 7) is 4.95. The molecule has 3 rings (SSSR count). The van der Waals surface area contributed by atoms with E-state index in [9.17, 15) is 27.9 Å². The van der Waals surface area contributed by atoms with Gasteiger partial charge < -0.3 is 15.7 Å². The van der Waals surface area contributed by atoms with Crippen molar-refractivity contribution in [3.63, 3.8) is 0 Å². The molecule has 3 aromatic carbocycles. The van der Waals surface area contributed by atoms with Crippen LogP contribution in [0, 0.1) is 5.92 Å². The number of amides is 2. The smallest absolute Gasteiger partial charge is 0.326 e. The Morgan fingerprint density at radius 1 is 0.957 bits per heavy atom. The van der Waals surface area contributed by atoms with Gasteiger partial charge >= 0.3 is 5.97 Å². The average molecular weight is 688 g/mol. The van der Waals surface area contributed by atoms with Crippen molar-refractivity contribution in [1.29, 1.82) is 0 Å². The number of aliphatic carboxylic acids is 1. The largest absolute Gasteiger partial charge is 0.480 e. The highest BCUT2D eigenvalue weighted by atomic mass is 32.2. The van der Waals surface area contributed by atoms with Gasteiger partial charge in [0.2, 0.25) is 11.8 Å². The number of carboxylic acids is 1. The van der Waals surface area contributed by atoms with Crippen molar-refractivity contribution in [2.75, 3.05) is 37.1 Å². The lowest BCUT2D eigenvalue weighted by molar-refractivity contribution is -0.142. The Bertz CT molecular complexity index is 1560. The monoisotopic (exact) mass is 687 g/mol. The van der Waals surface area contributed by atoms with Gasteiger partial charge in [-0.15, -0.1) is 11.8 Å². The Morgan fingerprint density at radius 2 is 1.65 bits per heavy atom. The van der Waals surface area contributed by atoms with E-state index in [1.807, 2.05) is 53.6 Å². The molecule has 3 aromatic rings. The summed E-state index contributed by atoms with van der Waals surface area (Å²) in [7, 11) is -3.27. The highest BCUT2D eigenvalue weighted by Gasteiger charge is 2.25. The molecule has 0 aromatic heterocycles. The maximum atomic E-state index is 13.2. The van der Waals surface area contributed by atoms with Crippen LogP contribution in [0.4, 0.5) is 0 Å². The number of thioether (sulfide) groups is 2. The number of carbonyl (C=O) groups excluding carboxylic acids is 2. The number of fused-ring (bicyclic) bond motifs is 1. The molecule has 0 fully saturated rings. The predicted molar refractivity (Wildman–Crippen MR) is 189 cm³/mol. The number of hydrogen-bond donors (Lipinski definition) is 3. The molecule has 0 aliphatic heterocycles. The Morgan fingerprint density at radius 3 is 2.30 bits per heavy atom. The number of benzene rings is 3. The summed E-state index contributed by atoms with van der Waals surface area (Å²) < 4.78 is 23.5. The average Bonchev–Trinajstić information content (AvgIpc) is 3.02. The molecular weight excluding hydrogens is 643 g/mol. The van der Waals surface area contributed by atoms with E-state index in [2.05, 4.69) is 24.5 Å². The normalized spacial score (nSPS) is 13.7. The highest BCUT2D eigenvalue weighted by Crippen LogP contribution is 2.21. The molecule has 0 unspecified atom stereocenters. The van der Waals surface area contributed by atoms with Crippen LogP contribution in [0.3, 0.4) is 0 Å². The van der Waals surface area contributed by atoms with Gasteiger partial charge in [-0.05, 0) is 58.4 Å². The summed E-state index contributed by atoms with van der Waals surface area (Å²) >= 11 is 2.97. The molecule has 250 valence electrons. The lowest BCUT2D eigenvalue weighted by atomic mass is 9.97. The highest BCUT2D eigenvalue weighted by molar-refractivity contribution is 7.99. The van der Waals surface area contributed by atoms with Crippen LogP contribution in [0.1, 0.15) is 37.8 Å². The summed E-state index contributed by atoms with van der Waals surface area (Å²) in [5, 5.41) is 17.7. The minimum Gasteiger partial charge on any atom is -0.480 e. The van der Waals surface area contributed by atoms with Crippen molar-refractivity contribution in [3.05, 3.63) is 77.9 Å². The molecule has 0 spiro atoms. The van der Waals surface area contributed by atoms with Gasteiger partial charge in [0, 0.05) is 31.1 Å². The predicted octanol–water partition coefficient (Wildman–Crippen LogP) is 4.83. The van der Waals surface area contributed by atoms with Gasteiger partial charge in [0.1, 0.15) is 6.04 Å². The molecule has 0 aliphatic rings. The van der Waals surface area contributed by atoms with Gasteiger partial charge in [0.05, 0.1) is 17.2 Å². The molecule has 2 amide bonds. The Kier molecular flexibility index (Phi) is 14.9. The maximum absolute atomic E-state index is 13.2. The van der Waals surface area contributed by atoms with Crippen LogP contribution in [-0.4, -0.2) is 85.4 Å². The second kappa shape index (κ2) is 18.3. The molecule has 0 heterocycles. The molecule has 0 saturated carbocycles. The van der Waals surface area contributed by atoms with Crippen LogP contribution in [0.2, 0.25) is 0 Å². The molecule has 3 atom stereocenters. The quantitative estimate of drug-likeness (QED) is 0.162. The van der Waals surface area contributed by atoms with E-state index in [4.69, 9.17) is 0 Å². The number of sulfone groups is 1. The number of hydrogen-bond acceptors (Lipinski definition) is 8. The first kappa shape index (κ1) is 37.4. The van der Waals surface area contributed by atoms with E-state index in [1.54, 1.807) is 24.3 Å². The molecule has 3 N–H and O–H groups in total. The third-order valence-electron chi connectivity index (χ3n) is 7.87. The fourth-order valence-corrected chi connectivity index (χ4v) is 6.97. The van der Waals surface area contributed by atoms with E-state index in [-0.39, 0.29) is 41.0 Å². The van der Waals surface area contributed by atoms with Crippen LogP contribution in [0.25, 0.3) is 10.8 Å². The molecule has 0 radical (unpaired) electrons. The zero-order chi connectivity index (χ0) is 33.7. The first-order valence-electron chi connectivity index (χ1n) is 15.3. The number of rotatable bonds is 19. The second-order valence-corrected chi connectivity index (χ2v) is 15.5. The van der Waals surface area contributed by atoms with E-state index >= 15 is 0 Å². The van der Waals surface area contributed by atoms with Crippen molar-refractivity contribution in [3.8, 4) is 0 Å². The summed E-state index contributed by atoms with van der Waals surface area (Å²) in [5.41, 5.74) is 1.96. The van der Waals surface area contributed by atoms with Crippen LogP contribution in [0.5, 0.6) is 0 Å². The van der Waals surface area contributed by atoms with Gasteiger partial charge in [-0.25, -0.2) is 13.2 Å². The minimum atomic E-state index is -3.27. The van der Waals surface area contributed by atoms with E-state index in [0.29, 0.717) is 31.0 Å². The van der Waals surface area contributed by atoms with Gasteiger partial charge in [0.15, 0.2) is 9.84 Å². The number of carbonyl (C=O) groups is 3. The molecule has 0 aliphatic carbocycles. The second-order valence-electron chi connectivity index (χ2n) is 11.5. The zero-order valence-electron chi connectivity index (χ0n) is 26.9. The lowest BCUT2D eigenvalue weighted by Gasteiger charge is -2.31. The van der Waals surface area contributed by atoms with Crippen LogP contribution < -0.4 is 10.6 Å². The zero-order valence-corrected chi connectivity index (χ0v) is 29.3. The number of nitrogens with zero attached hydrogens (tertiary/aromatic N) is 1. The molecule has 9 nitrogen and oxygen atoms in total. The summed E-state index contributed by atoms with van der Waals surface area (Å²) in [6.07, 6.45) is 4.21. The number of nitrogens with one attached hydrogen (secondary N) is 2. The first-order chi connectivity index (χ1) is 21.9. The standard InChI is InChI=1S/C34H45N3O6S3/c1-5-24(2)31(36-33(39)23-45-22-25-13-15-28(16-14-25)46(4,42)43)20-37(21-32(38)35-30(34(40)41)17-18-44-3)19-27-11-8-10-26-9-6-7-12-29(26)27/h6-16,24,30-31H,5,17-23H2,1-4H3,(H,35,38)(H,36,39)(H,40,41)/t24-,30-,31+/m0/s1. The third-order valence-corrected chi connectivity index (χ3v) is 10.6. The molecule has 0 saturated heterocycles. The Balaban J connectivity index is 1.73. The Hall–Kier alpha value is -3.06. The first-order valence-corrected chi connectivity index (χ1v) is 19.7. The van der Waals surface area contributed by atoms with Crippen LogP contribution >= 0.6 is 23.5 Å². The van der Waals surface area contributed by atoms with Gasteiger partial charge in [0.25, 0.3) is 0 Å². The fourth-order valence-electron chi connectivity index (χ4n) is 5.07. The van der Waals surface area contributed by atoms with Gasteiger partial charge in [-0.3, -0.25) is 14.5 Å². The van der Waals surface area contributed by atoms with Crippen LogP contribution in [0.15, 0.2) is 71.6 Å². The van der Waals surface area contributed by atoms with Crippen molar-refractivity contribution < 1.29 is 27.9 Å². The van der Waals surface area contributed by atoms with E-state index in [1.165, 1.54) is 29.8 Å². The van der Waals surface area contributed by atoms with Crippen LogP contribution in [-0.2, 0) is 36.5 Å². The van der Waals surface area contributed by atoms with Gasteiger partial charge in [-0.2, -0.15) is 11.8 Å². The molecule has 12 heteroatoms. The van der Waals surface area contributed by atoms with Crippen molar-refractivity contribution in [1.82, 2.24) is 15.5 Å². The Labute approximate surface area is 281 Å². The maximum Gasteiger partial charge on any atom is 0.326 e. The molecule has 0 bridgehead atoms. The SMILES string of the molecule is CC[C@H](C)[C@@H](CN(CC(=O)N[C@@H](CCSC)C(=O)O)Cc1cccc2ccccc12)NC(=O)CSCc1ccc(S(C)(=O)=O)cc1. The lowest BCUT2D eigenvalue weighted by Crippen LogP contribution is -2.51. The van der Waals surface area contributed by atoms with E-state index < -0.39 is 21.8 Å². The summed E-state index contributed by atoms with van der Waals surface area (Å²) in [5.74, 6) is -0.0507. The minimum absolute atomic E-state index is 0.0205. The van der Waals surface area contributed by atoms with Crippen molar-refractivity contribution in [2.45, 2.75) is 56.0 Å².